The summed E-state index contributed by atoms with van der Waals surface area (Å²) in [5.41, 5.74) is 5.48. The third-order valence-corrected chi connectivity index (χ3v) is 4.31. The number of hydrogen-bond acceptors (Lipinski definition) is 2. The Morgan fingerprint density at radius 1 is 0.917 bits per heavy atom. The largest absolute Gasteiger partial charge is 0.332 e. The van der Waals surface area contributed by atoms with E-state index in [0.717, 1.165) is 27.9 Å². The number of rotatable bonds is 4. The third-order valence-electron chi connectivity index (χ3n) is 4.31. The summed E-state index contributed by atoms with van der Waals surface area (Å²) in [5, 5.41) is 2.91. The number of anilines is 1. The van der Waals surface area contributed by atoms with Crippen molar-refractivity contribution in [3.8, 4) is 0 Å². The second-order valence-corrected chi connectivity index (χ2v) is 6.22. The van der Waals surface area contributed by atoms with Crippen LogP contribution in [0, 0.1) is 27.7 Å². The maximum absolute atomic E-state index is 12.6. The minimum Gasteiger partial charge on any atom is -0.332 e. The van der Waals surface area contributed by atoms with Crippen LogP contribution >= 0.6 is 0 Å². The topological polar surface area (TPSA) is 49.4 Å². The molecule has 2 rings (SSSR count). The standard InChI is InChI=1S/C20H24N2O2/c1-13-8-7-11-17(16(13)4)20(24)22(5)12-18(23)21-19-14(2)9-6-10-15(19)3/h6-11H,12H2,1-5H3,(H,21,23). The van der Waals surface area contributed by atoms with Gasteiger partial charge in [0.1, 0.15) is 0 Å². The molecule has 0 aromatic heterocycles. The van der Waals surface area contributed by atoms with E-state index in [-0.39, 0.29) is 18.4 Å². The predicted octanol–water partition coefficient (Wildman–Crippen LogP) is 3.63. The first kappa shape index (κ1) is 17.7. The Hall–Kier alpha value is -2.62. The van der Waals surface area contributed by atoms with Crippen molar-refractivity contribution in [2.45, 2.75) is 27.7 Å². The van der Waals surface area contributed by atoms with Crippen LogP contribution in [0.5, 0.6) is 0 Å². The van der Waals surface area contributed by atoms with E-state index in [2.05, 4.69) is 5.32 Å². The van der Waals surface area contributed by atoms with Crippen LogP contribution in [0.4, 0.5) is 5.69 Å². The molecule has 0 aliphatic carbocycles. The van der Waals surface area contributed by atoms with Gasteiger partial charge in [-0.25, -0.2) is 0 Å². The van der Waals surface area contributed by atoms with Crippen molar-refractivity contribution in [3.05, 3.63) is 64.2 Å². The van der Waals surface area contributed by atoms with E-state index < -0.39 is 0 Å². The zero-order valence-electron chi connectivity index (χ0n) is 14.9. The van der Waals surface area contributed by atoms with E-state index >= 15 is 0 Å². The Kier molecular flexibility index (Phi) is 5.39. The van der Waals surface area contributed by atoms with Crippen LogP contribution in [0.15, 0.2) is 36.4 Å². The van der Waals surface area contributed by atoms with Crippen LogP contribution < -0.4 is 5.32 Å². The van der Waals surface area contributed by atoms with Crippen molar-refractivity contribution in [3.63, 3.8) is 0 Å². The molecular weight excluding hydrogens is 300 g/mol. The van der Waals surface area contributed by atoms with Gasteiger partial charge in [0.15, 0.2) is 0 Å². The van der Waals surface area contributed by atoms with Gasteiger partial charge in [0.2, 0.25) is 5.91 Å². The first-order valence-corrected chi connectivity index (χ1v) is 7.99. The molecule has 2 aromatic carbocycles. The molecule has 2 aromatic rings. The quantitative estimate of drug-likeness (QED) is 0.933. The molecule has 0 spiro atoms. The van der Waals surface area contributed by atoms with Gasteiger partial charge in [-0.2, -0.15) is 0 Å². The van der Waals surface area contributed by atoms with Gasteiger partial charge in [0.05, 0.1) is 6.54 Å². The van der Waals surface area contributed by atoms with Gasteiger partial charge in [-0.3, -0.25) is 9.59 Å². The summed E-state index contributed by atoms with van der Waals surface area (Å²) in [6.45, 7) is 7.81. The van der Waals surface area contributed by atoms with Gasteiger partial charge in [-0.1, -0.05) is 30.3 Å². The van der Waals surface area contributed by atoms with E-state index in [1.54, 1.807) is 13.1 Å². The number of hydrogen-bond donors (Lipinski definition) is 1. The van der Waals surface area contributed by atoms with Crippen molar-refractivity contribution in [2.75, 3.05) is 18.9 Å². The fraction of sp³-hybridized carbons (Fsp3) is 0.300. The summed E-state index contributed by atoms with van der Waals surface area (Å²) in [5.74, 6) is -0.346. The maximum Gasteiger partial charge on any atom is 0.254 e. The second-order valence-electron chi connectivity index (χ2n) is 6.22. The monoisotopic (exact) mass is 324 g/mol. The zero-order valence-corrected chi connectivity index (χ0v) is 14.9. The number of nitrogens with zero attached hydrogens (tertiary/aromatic N) is 1. The molecule has 126 valence electrons. The lowest BCUT2D eigenvalue weighted by Crippen LogP contribution is -2.35. The normalized spacial score (nSPS) is 10.4. The number of amides is 2. The maximum atomic E-state index is 12.6. The Balaban J connectivity index is 2.09. The average molecular weight is 324 g/mol. The highest BCUT2D eigenvalue weighted by atomic mass is 16.2. The number of nitrogens with one attached hydrogen (secondary N) is 1. The van der Waals surface area contributed by atoms with E-state index in [0.29, 0.717) is 5.56 Å². The van der Waals surface area contributed by atoms with E-state index in [9.17, 15) is 9.59 Å². The molecule has 0 saturated heterocycles. The molecule has 0 unspecified atom stereocenters. The van der Waals surface area contributed by atoms with Gasteiger partial charge >= 0.3 is 0 Å². The highest BCUT2D eigenvalue weighted by Crippen LogP contribution is 2.19. The van der Waals surface area contributed by atoms with E-state index in [4.69, 9.17) is 0 Å². The van der Waals surface area contributed by atoms with Crippen molar-refractivity contribution in [1.82, 2.24) is 4.90 Å². The van der Waals surface area contributed by atoms with Crippen LogP contribution in [0.25, 0.3) is 0 Å². The number of benzene rings is 2. The Morgan fingerprint density at radius 3 is 2.08 bits per heavy atom. The summed E-state index contributed by atoms with van der Waals surface area (Å²) in [4.78, 5) is 26.3. The number of likely N-dealkylation sites (N-methyl/N-ethyl adjacent to an activating group) is 1. The van der Waals surface area contributed by atoms with Crippen molar-refractivity contribution >= 4 is 17.5 Å². The Morgan fingerprint density at radius 2 is 1.46 bits per heavy atom. The summed E-state index contributed by atoms with van der Waals surface area (Å²) in [7, 11) is 1.65. The molecule has 0 saturated carbocycles. The first-order chi connectivity index (χ1) is 11.3. The highest BCUT2D eigenvalue weighted by molar-refractivity contribution is 6.00. The molecule has 0 heterocycles. The van der Waals surface area contributed by atoms with Gasteiger partial charge < -0.3 is 10.2 Å². The average Bonchev–Trinajstić information content (AvgIpc) is 2.53. The lowest BCUT2D eigenvalue weighted by Gasteiger charge is -2.19. The van der Waals surface area contributed by atoms with Crippen LogP contribution in [0.1, 0.15) is 32.6 Å². The van der Waals surface area contributed by atoms with E-state index in [1.165, 1.54) is 4.90 Å². The molecule has 4 heteroatoms. The molecule has 0 atom stereocenters. The summed E-state index contributed by atoms with van der Waals surface area (Å²) in [6, 6.07) is 11.5. The lowest BCUT2D eigenvalue weighted by molar-refractivity contribution is -0.116. The van der Waals surface area contributed by atoms with Gasteiger partial charge in [0, 0.05) is 18.3 Å². The van der Waals surface area contributed by atoms with E-state index in [1.807, 2.05) is 58.0 Å². The number of carbonyl (C=O) groups is 2. The van der Waals surface area contributed by atoms with Crippen molar-refractivity contribution in [1.29, 1.82) is 0 Å². The van der Waals surface area contributed by atoms with Gasteiger partial charge in [-0.15, -0.1) is 0 Å². The fourth-order valence-electron chi connectivity index (χ4n) is 2.67. The van der Waals surface area contributed by atoms with Crippen molar-refractivity contribution < 1.29 is 9.59 Å². The van der Waals surface area contributed by atoms with Gasteiger partial charge in [0.25, 0.3) is 5.91 Å². The SMILES string of the molecule is Cc1cccc(C(=O)N(C)CC(=O)Nc2c(C)cccc2C)c1C. The minimum absolute atomic E-state index is 0.0139. The van der Waals surface area contributed by atoms with Gasteiger partial charge in [-0.05, 0) is 56.0 Å². The summed E-state index contributed by atoms with van der Waals surface area (Å²) < 4.78 is 0. The number of carbonyl (C=O) groups excluding carboxylic acids is 2. The van der Waals surface area contributed by atoms with Crippen LogP contribution in [-0.4, -0.2) is 30.3 Å². The molecule has 0 fully saturated rings. The molecule has 2 amide bonds. The predicted molar refractivity (Wildman–Crippen MR) is 97.4 cm³/mol. The fourth-order valence-corrected chi connectivity index (χ4v) is 2.67. The zero-order chi connectivity index (χ0) is 17.9. The van der Waals surface area contributed by atoms with Crippen LogP contribution in [0.3, 0.4) is 0 Å². The molecule has 1 N–H and O–H groups in total. The molecule has 4 nitrogen and oxygen atoms in total. The first-order valence-electron chi connectivity index (χ1n) is 7.99. The second kappa shape index (κ2) is 7.30. The molecular formula is C20H24N2O2. The molecule has 0 aliphatic heterocycles. The highest BCUT2D eigenvalue weighted by Gasteiger charge is 2.18. The Labute approximate surface area is 143 Å². The van der Waals surface area contributed by atoms with Crippen molar-refractivity contribution in [2.24, 2.45) is 0 Å². The summed E-state index contributed by atoms with van der Waals surface area (Å²) in [6.07, 6.45) is 0. The molecule has 0 radical (unpaired) electrons. The number of aryl methyl sites for hydroxylation is 3. The third kappa shape index (κ3) is 3.82. The van der Waals surface area contributed by atoms with Crippen LogP contribution in [0.2, 0.25) is 0 Å². The molecule has 0 aliphatic rings. The lowest BCUT2D eigenvalue weighted by atomic mass is 10.0. The molecule has 0 bridgehead atoms. The molecule has 24 heavy (non-hydrogen) atoms. The van der Waals surface area contributed by atoms with Crippen LogP contribution in [-0.2, 0) is 4.79 Å². The Bertz CT molecular complexity index is 761. The summed E-state index contributed by atoms with van der Waals surface area (Å²) >= 11 is 0. The minimum atomic E-state index is -0.200. The number of para-hydroxylation sites is 1. The smallest absolute Gasteiger partial charge is 0.254 e.